The summed E-state index contributed by atoms with van der Waals surface area (Å²) >= 11 is 3.11. The Labute approximate surface area is 114 Å². The molecule has 0 aliphatic carbocycles. The molecule has 1 amide bonds. The molecule has 0 unspecified atom stereocenters. The first-order valence-corrected chi connectivity index (χ1v) is 6.78. The molecule has 2 rings (SSSR count). The van der Waals surface area contributed by atoms with E-state index in [2.05, 4.69) is 26.6 Å². The molecule has 1 heterocycles. The second-order valence-corrected chi connectivity index (χ2v) is 5.75. The van der Waals surface area contributed by atoms with Gasteiger partial charge in [-0.1, -0.05) is 6.92 Å². The standard InChI is InChI=1S/C13H16BrFN2O/c1-13(4-6-16-7-5-13)12(18)17-9-2-3-11(15)10(14)8-9/h2-3,8,16H,4-7H2,1H3,(H,17,18). The van der Waals surface area contributed by atoms with Crippen LogP contribution in [0.2, 0.25) is 0 Å². The van der Waals surface area contributed by atoms with Crippen molar-refractivity contribution in [3.8, 4) is 0 Å². The first kappa shape index (κ1) is 13.5. The van der Waals surface area contributed by atoms with E-state index in [4.69, 9.17) is 0 Å². The van der Waals surface area contributed by atoms with Crippen LogP contribution in [0.25, 0.3) is 0 Å². The monoisotopic (exact) mass is 314 g/mol. The third kappa shape index (κ3) is 2.90. The maximum Gasteiger partial charge on any atom is 0.230 e. The molecule has 2 N–H and O–H groups in total. The number of carbonyl (C=O) groups excluding carboxylic acids is 1. The zero-order valence-corrected chi connectivity index (χ0v) is 11.8. The molecule has 0 bridgehead atoms. The van der Waals surface area contributed by atoms with Crippen LogP contribution in [-0.2, 0) is 4.79 Å². The molecule has 1 aliphatic heterocycles. The van der Waals surface area contributed by atoms with Crippen LogP contribution in [0.3, 0.4) is 0 Å². The fourth-order valence-corrected chi connectivity index (χ4v) is 2.44. The van der Waals surface area contributed by atoms with Gasteiger partial charge in [-0.2, -0.15) is 0 Å². The Bertz CT molecular complexity index is 458. The average Bonchev–Trinajstić information content (AvgIpc) is 2.35. The zero-order valence-electron chi connectivity index (χ0n) is 10.2. The van der Waals surface area contributed by atoms with Crippen LogP contribution in [0.15, 0.2) is 22.7 Å². The number of amides is 1. The van der Waals surface area contributed by atoms with Crippen molar-refractivity contribution in [2.24, 2.45) is 5.41 Å². The van der Waals surface area contributed by atoms with Crippen LogP contribution in [-0.4, -0.2) is 19.0 Å². The summed E-state index contributed by atoms with van der Waals surface area (Å²) in [5.74, 6) is -0.330. The molecule has 0 saturated carbocycles. The summed E-state index contributed by atoms with van der Waals surface area (Å²) in [6, 6.07) is 4.49. The quantitative estimate of drug-likeness (QED) is 0.881. The van der Waals surface area contributed by atoms with Gasteiger partial charge in [0.15, 0.2) is 0 Å². The van der Waals surface area contributed by atoms with Crippen molar-refractivity contribution in [1.82, 2.24) is 5.32 Å². The second kappa shape index (κ2) is 5.36. The first-order valence-electron chi connectivity index (χ1n) is 5.98. The first-order chi connectivity index (χ1) is 8.51. The molecule has 0 spiro atoms. The normalized spacial score (nSPS) is 18.4. The van der Waals surface area contributed by atoms with Crippen LogP contribution >= 0.6 is 15.9 Å². The van der Waals surface area contributed by atoms with E-state index in [1.54, 1.807) is 12.1 Å². The molecule has 0 radical (unpaired) electrons. The van der Waals surface area contributed by atoms with Gasteiger partial charge in [0.25, 0.3) is 0 Å². The van der Waals surface area contributed by atoms with Crippen molar-refractivity contribution in [3.63, 3.8) is 0 Å². The van der Waals surface area contributed by atoms with Gasteiger partial charge in [-0.15, -0.1) is 0 Å². The molecule has 98 valence electrons. The van der Waals surface area contributed by atoms with Crippen LogP contribution < -0.4 is 10.6 Å². The van der Waals surface area contributed by atoms with E-state index in [1.165, 1.54) is 6.07 Å². The Hall–Kier alpha value is -0.940. The lowest BCUT2D eigenvalue weighted by Gasteiger charge is -2.32. The lowest BCUT2D eigenvalue weighted by atomic mass is 9.80. The van der Waals surface area contributed by atoms with Crippen LogP contribution in [0.4, 0.5) is 10.1 Å². The maximum absolute atomic E-state index is 13.1. The Morgan fingerprint density at radius 2 is 2.11 bits per heavy atom. The number of piperidine rings is 1. The number of anilines is 1. The van der Waals surface area contributed by atoms with Gasteiger partial charge < -0.3 is 10.6 Å². The summed E-state index contributed by atoms with van der Waals surface area (Å²) in [5, 5.41) is 6.09. The highest BCUT2D eigenvalue weighted by atomic mass is 79.9. The molecular weight excluding hydrogens is 299 g/mol. The molecule has 18 heavy (non-hydrogen) atoms. The van der Waals surface area contributed by atoms with E-state index in [-0.39, 0.29) is 17.1 Å². The summed E-state index contributed by atoms with van der Waals surface area (Å²) in [4.78, 5) is 12.2. The highest BCUT2D eigenvalue weighted by molar-refractivity contribution is 9.10. The van der Waals surface area contributed by atoms with Crippen molar-refractivity contribution >= 4 is 27.5 Å². The van der Waals surface area contributed by atoms with E-state index >= 15 is 0 Å². The van der Waals surface area contributed by atoms with Gasteiger partial charge in [0.05, 0.1) is 4.47 Å². The molecule has 0 aromatic heterocycles. The summed E-state index contributed by atoms with van der Waals surface area (Å²) in [5.41, 5.74) is 0.277. The maximum atomic E-state index is 13.1. The van der Waals surface area contributed by atoms with Gasteiger partial charge >= 0.3 is 0 Å². The van der Waals surface area contributed by atoms with Gasteiger partial charge in [-0.3, -0.25) is 4.79 Å². The fourth-order valence-electron chi connectivity index (χ4n) is 2.06. The lowest BCUT2D eigenvalue weighted by Crippen LogP contribution is -2.42. The van der Waals surface area contributed by atoms with E-state index in [1.807, 2.05) is 6.92 Å². The number of nitrogens with one attached hydrogen (secondary N) is 2. The van der Waals surface area contributed by atoms with Crippen molar-refractivity contribution < 1.29 is 9.18 Å². The highest BCUT2D eigenvalue weighted by Crippen LogP contribution is 2.30. The molecule has 5 heteroatoms. The Balaban J connectivity index is 2.08. The van der Waals surface area contributed by atoms with Gasteiger partial charge in [-0.05, 0) is 60.1 Å². The predicted octanol–water partition coefficient (Wildman–Crippen LogP) is 2.92. The number of rotatable bonds is 2. The SMILES string of the molecule is CC1(C(=O)Nc2ccc(F)c(Br)c2)CCNCC1. The number of hydrogen-bond acceptors (Lipinski definition) is 2. The number of benzene rings is 1. The number of halogens is 2. The Morgan fingerprint density at radius 3 is 2.72 bits per heavy atom. The zero-order chi connectivity index (χ0) is 13.2. The number of carbonyl (C=O) groups is 1. The van der Waals surface area contributed by atoms with Gasteiger partial charge in [-0.25, -0.2) is 4.39 Å². The molecule has 1 aromatic rings. The minimum absolute atomic E-state index is 0.00232. The van der Waals surface area contributed by atoms with Gasteiger partial charge in [0.1, 0.15) is 5.82 Å². The molecule has 1 aliphatic rings. The summed E-state index contributed by atoms with van der Waals surface area (Å²) < 4.78 is 13.5. The van der Waals surface area contributed by atoms with E-state index < -0.39 is 0 Å². The molecule has 1 saturated heterocycles. The summed E-state index contributed by atoms with van der Waals surface area (Å²) in [6.07, 6.45) is 1.64. The van der Waals surface area contributed by atoms with E-state index in [9.17, 15) is 9.18 Å². The Morgan fingerprint density at radius 1 is 1.44 bits per heavy atom. The lowest BCUT2D eigenvalue weighted by molar-refractivity contribution is -0.126. The van der Waals surface area contributed by atoms with Gasteiger partial charge in [0.2, 0.25) is 5.91 Å². The molecule has 3 nitrogen and oxygen atoms in total. The molecular formula is C13H16BrFN2O. The molecule has 1 fully saturated rings. The third-order valence-electron chi connectivity index (χ3n) is 3.43. The minimum Gasteiger partial charge on any atom is -0.326 e. The predicted molar refractivity (Wildman–Crippen MR) is 72.9 cm³/mol. The van der Waals surface area contributed by atoms with Crippen molar-refractivity contribution in [1.29, 1.82) is 0 Å². The second-order valence-electron chi connectivity index (χ2n) is 4.89. The number of hydrogen-bond donors (Lipinski definition) is 2. The van der Waals surface area contributed by atoms with Crippen molar-refractivity contribution in [2.75, 3.05) is 18.4 Å². The van der Waals surface area contributed by atoms with Crippen LogP contribution in [0.5, 0.6) is 0 Å². The topological polar surface area (TPSA) is 41.1 Å². The van der Waals surface area contributed by atoms with Gasteiger partial charge in [0, 0.05) is 11.1 Å². The van der Waals surface area contributed by atoms with E-state index in [0.717, 1.165) is 25.9 Å². The highest BCUT2D eigenvalue weighted by Gasteiger charge is 2.34. The molecule has 0 atom stereocenters. The summed E-state index contributed by atoms with van der Waals surface area (Å²) in [6.45, 7) is 3.69. The molecule has 1 aromatic carbocycles. The van der Waals surface area contributed by atoms with Crippen molar-refractivity contribution in [3.05, 3.63) is 28.5 Å². The Kier molecular flexibility index (Phi) is 4.02. The van der Waals surface area contributed by atoms with E-state index in [0.29, 0.717) is 10.2 Å². The van der Waals surface area contributed by atoms with Crippen LogP contribution in [0, 0.1) is 11.2 Å². The third-order valence-corrected chi connectivity index (χ3v) is 4.04. The minimum atomic E-state index is -0.341. The van der Waals surface area contributed by atoms with Crippen LogP contribution in [0.1, 0.15) is 19.8 Å². The van der Waals surface area contributed by atoms with Crippen molar-refractivity contribution in [2.45, 2.75) is 19.8 Å². The largest absolute Gasteiger partial charge is 0.326 e. The smallest absolute Gasteiger partial charge is 0.230 e. The summed E-state index contributed by atoms with van der Waals surface area (Å²) in [7, 11) is 0. The average molecular weight is 315 g/mol. The fraction of sp³-hybridized carbons (Fsp3) is 0.462.